The number of hydrogen-bond donors (Lipinski definition) is 2. The van der Waals surface area contributed by atoms with Gasteiger partial charge in [-0.2, -0.15) is 0 Å². The van der Waals surface area contributed by atoms with Crippen LogP contribution in [0, 0.1) is 12.8 Å². The number of amides is 1. The molecule has 1 saturated heterocycles. The quantitative estimate of drug-likeness (QED) is 0.900. The summed E-state index contributed by atoms with van der Waals surface area (Å²) in [6.45, 7) is 4.02. The van der Waals surface area contributed by atoms with Crippen LogP contribution in [0.2, 0.25) is 0 Å². The smallest absolute Gasteiger partial charge is 0.224 e. The first-order valence-corrected chi connectivity index (χ1v) is 6.71. The molecule has 0 aromatic heterocycles. The average Bonchev–Trinajstić information content (AvgIpc) is 2.76. The van der Waals surface area contributed by atoms with Gasteiger partial charge in [-0.3, -0.25) is 4.79 Å². The Morgan fingerprint density at radius 3 is 3.06 bits per heavy atom. The minimum absolute atomic E-state index is 0.112. The predicted molar refractivity (Wildman–Crippen MR) is 73.1 cm³/mol. The van der Waals surface area contributed by atoms with Gasteiger partial charge in [0, 0.05) is 16.6 Å². The van der Waals surface area contributed by atoms with Gasteiger partial charge in [-0.15, -0.1) is 0 Å². The number of benzene rings is 1. The lowest BCUT2D eigenvalue weighted by molar-refractivity contribution is -0.116. The fourth-order valence-electron chi connectivity index (χ4n) is 2.09. The van der Waals surface area contributed by atoms with Gasteiger partial charge in [0.1, 0.15) is 0 Å². The van der Waals surface area contributed by atoms with Crippen molar-refractivity contribution in [3.8, 4) is 0 Å². The van der Waals surface area contributed by atoms with E-state index in [1.165, 1.54) is 0 Å². The lowest BCUT2D eigenvalue weighted by Gasteiger charge is -2.10. The normalized spacial score (nSPS) is 19.3. The summed E-state index contributed by atoms with van der Waals surface area (Å²) in [5.74, 6) is 0.604. The molecular formula is C13H17BrN2O. The third kappa shape index (κ3) is 3.54. The van der Waals surface area contributed by atoms with Crippen LogP contribution in [0.5, 0.6) is 0 Å². The van der Waals surface area contributed by atoms with E-state index in [0.29, 0.717) is 12.3 Å². The standard InChI is InChI=1S/C13H17BrN2O/c1-9-6-11(2-3-12(9)14)16-13(17)7-10-4-5-15-8-10/h2-3,6,10,15H,4-5,7-8H2,1H3,(H,16,17). The molecule has 1 aliphatic heterocycles. The fourth-order valence-corrected chi connectivity index (χ4v) is 2.33. The molecule has 1 aromatic carbocycles. The zero-order valence-corrected chi connectivity index (χ0v) is 11.5. The zero-order chi connectivity index (χ0) is 12.3. The molecule has 4 heteroatoms. The van der Waals surface area contributed by atoms with Crippen molar-refractivity contribution in [2.75, 3.05) is 18.4 Å². The first-order chi connectivity index (χ1) is 8.15. The van der Waals surface area contributed by atoms with E-state index in [-0.39, 0.29) is 5.91 Å². The highest BCUT2D eigenvalue weighted by Crippen LogP contribution is 2.20. The van der Waals surface area contributed by atoms with Crippen LogP contribution in [0.25, 0.3) is 0 Å². The number of halogens is 1. The molecular weight excluding hydrogens is 280 g/mol. The van der Waals surface area contributed by atoms with E-state index in [4.69, 9.17) is 0 Å². The van der Waals surface area contributed by atoms with Crippen LogP contribution in [0.1, 0.15) is 18.4 Å². The Balaban J connectivity index is 1.90. The molecule has 2 rings (SSSR count). The molecule has 0 spiro atoms. The Hall–Kier alpha value is -0.870. The van der Waals surface area contributed by atoms with E-state index in [1.807, 2.05) is 25.1 Å². The summed E-state index contributed by atoms with van der Waals surface area (Å²) < 4.78 is 1.07. The summed E-state index contributed by atoms with van der Waals surface area (Å²) >= 11 is 3.45. The monoisotopic (exact) mass is 296 g/mol. The summed E-state index contributed by atoms with van der Waals surface area (Å²) in [4.78, 5) is 11.8. The van der Waals surface area contributed by atoms with Gasteiger partial charge < -0.3 is 10.6 Å². The Morgan fingerprint density at radius 2 is 2.41 bits per heavy atom. The van der Waals surface area contributed by atoms with Crippen molar-refractivity contribution in [2.24, 2.45) is 5.92 Å². The predicted octanol–water partition coefficient (Wildman–Crippen LogP) is 2.70. The maximum Gasteiger partial charge on any atom is 0.224 e. The van der Waals surface area contributed by atoms with Crippen LogP contribution in [-0.2, 0) is 4.79 Å². The maximum atomic E-state index is 11.8. The van der Waals surface area contributed by atoms with Gasteiger partial charge in [-0.05, 0) is 56.1 Å². The van der Waals surface area contributed by atoms with Gasteiger partial charge in [-0.25, -0.2) is 0 Å². The van der Waals surface area contributed by atoms with Gasteiger partial charge in [-0.1, -0.05) is 15.9 Å². The molecule has 2 N–H and O–H groups in total. The second kappa shape index (κ2) is 5.65. The first-order valence-electron chi connectivity index (χ1n) is 5.92. The molecule has 0 bridgehead atoms. The summed E-state index contributed by atoms with van der Waals surface area (Å²) in [6, 6.07) is 5.86. The lowest BCUT2D eigenvalue weighted by Crippen LogP contribution is -2.18. The molecule has 1 aromatic rings. The first kappa shape index (κ1) is 12.6. The third-order valence-electron chi connectivity index (χ3n) is 3.08. The second-order valence-corrected chi connectivity index (χ2v) is 5.43. The van der Waals surface area contributed by atoms with Crippen LogP contribution >= 0.6 is 15.9 Å². The molecule has 0 aliphatic carbocycles. The fraction of sp³-hybridized carbons (Fsp3) is 0.462. The highest BCUT2D eigenvalue weighted by molar-refractivity contribution is 9.10. The highest BCUT2D eigenvalue weighted by Gasteiger charge is 2.17. The van der Waals surface area contributed by atoms with Crippen LogP contribution in [0.4, 0.5) is 5.69 Å². The number of hydrogen-bond acceptors (Lipinski definition) is 2. The molecule has 3 nitrogen and oxygen atoms in total. The van der Waals surface area contributed by atoms with Gasteiger partial charge in [0.15, 0.2) is 0 Å². The molecule has 0 saturated carbocycles. The Morgan fingerprint density at radius 1 is 1.59 bits per heavy atom. The minimum Gasteiger partial charge on any atom is -0.326 e. The summed E-state index contributed by atoms with van der Waals surface area (Å²) in [7, 11) is 0. The van der Waals surface area contributed by atoms with Gasteiger partial charge in [0.05, 0.1) is 0 Å². The van der Waals surface area contributed by atoms with Gasteiger partial charge >= 0.3 is 0 Å². The molecule has 1 unspecified atom stereocenters. The van der Waals surface area contributed by atoms with E-state index in [9.17, 15) is 4.79 Å². The Labute approximate surface area is 110 Å². The van der Waals surface area contributed by atoms with Crippen molar-refractivity contribution in [1.82, 2.24) is 5.32 Å². The van der Waals surface area contributed by atoms with E-state index in [2.05, 4.69) is 26.6 Å². The average molecular weight is 297 g/mol. The second-order valence-electron chi connectivity index (χ2n) is 4.58. The zero-order valence-electron chi connectivity index (χ0n) is 9.92. The summed E-state index contributed by atoms with van der Waals surface area (Å²) in [5.41, 5.74) is 2.01. The number of aryl methyl sites for hydroxylation is 1. The molecule has 1 amide bonds. The molecule has 1 fully saturated rings. The van der Waals surface area contributed by atoms with E-state index >= 15 is 0 Å². The van der Waals surface area contributed by atoms with Crippen molar-refractivity contribution in [3.63, 3.8) is 0 Å². The molecule has 0 radical (unpaired) electrons. The van der Waals surface area contributed by atoms with E-state index in [0.717, 1.165) is 35.2 Å². The SMILES string of the molecule is Cc1cc(NC(=O)CC2CCNC2)ccc1Br. The van der Waals surface area contributed by atoms with Crippen LogP contribution in [0.15, 0.2) is 22.7 Å². The van der Waals surface area contributed by atoms with Gasteiger partial charge in [0.2, 0.25) is 5.91 Å². The summed E-state index contributed by atoms with van der Waals surface area (Å²) in [6.07, 6.45) is 1.72. The van der Waals surface area contributed by atoms with Crippen LogP contribution < -0.4 is 10.6 Å². The van der Waals surface area contributed by atoms with E-state index < -0.39 is 0 Å². The van der Waals surface area contributed by atoms with Crippen molar-refractivity contribution in [1.29, 1.82) is 0 Å². The highest BCUT2D eigenvalue weighted by atomic mass is 79.9. The van der Waals surface area contributed by atoms with Crippen molar-refractivity contribution >= 4 is 27.5 Å². The minimum atomic E-state index is 0.112. The van der Waals surface area contributed by atoms with E-state index in [1.54, 1.807) is 0 Å². The Kier molecular flexibility index (Phi) is 4.18. The maximum absolute atomic E-state index is 11.8. The van der Waals surface area contributed by atoms with Crippen molar-refractivity contribution in [2.45, 2.75) is 19.8 Å². The third-order valence-corrected chi connectivity index (χ3v) is 3.97. The van der Waals surface area contributed by atoms with Crippen LogP contribution in [-0.4, -0.2) is 19.0 Å². The molecule has 1 aliphatic rings. The van der Waals surface area contributed by atoms with Crippen LogP contribution in [0.3, 0.4) is 0 Å². The number of rotatable bonds is 3. The largest absolute Gasteiger partial charge is 0.326 e. The lowest BCUT2D eigenvalue weighted by atomic mass is 10.0. The molecule has 92 valence electrons. The number of anilines is 1. The van der Waals surface area contributed by atoms with Crippen molar-refractivity contribution in [3.05, 3.63) is 28.2 Å². The number of carbonyl (C=O) groups excluding carboxylic acids is 1. The molecule has 1 heterocycles. The topological polar surface area (TPSA) is 41.1 Å². The van der Waals surface area contributed by atoms with Crippen molar-refractivity contribution < 1.29 is 4.79 Å². The van der Waals surface area contributed by atoms with Gasteiger partial charge in [0.25, 0.3) is 0 Å². The summed E-state index contributed by atoms with van der Waals surface area (Å²) in [5, 5.41) is 6.22. The molecule has 1 atom stereocenters. The number of nitrogens with one attached hydrogen (secondary N) is 2. The Bertz CT molecular complexity index is 414. The number of carbonyl (C=O) groups is 1. The molecule has 17 heavy (non-hydrogen) atoms.